The number of thioether (sulfide) groups is 1. The van der Waals surface area contributed by atoms with Crippen LogP contribution in [0, 0.1) is 0 Å². The van der Waals surface area contributed by atoms with E-state index in [2.05, 4.69) is 17.0 Å². The molecule has 4 nitrogen and oxygen atoms in total. The van der Waals surface area contributed by atoms with Gasteiger partial charge in [-0.25, -0.2) is 0 Å². The molecule has 1 fully saturated rings. The maximum atomic E-state index is 6.01. The van der Waals surface area contributed by atoms with Crippen molar-refractivity contribution in [2.75, 3.05) is 37.9 Å². The zero-order chi connectivity index (χ0) is 13.1. The van der Waals surface area contributed by atoms with Gasteiger partial charge in [-0.1, -0.05) is 6.07 Å². The van der Waals surface area contributed by atoms with Crippen LogP contribution in [0.15, 0.2) is 18.2 Å². The predicted octanol–water partition coefficient (Wildman–Crippen LogP) is 1.85. The first-order chi connectivity index (χ1) is 9.38. The number of ether oxygens (including phenoxy) is 2. The third-order valence-electron chi connectivity index (χ3n) is 3.70. The van der Waals surface area contributed by atoms with Crippen LogP contribution in [0.1, 0.15) is 18.0 Å². The maximum Gasteiger partial charge on any atom is 0.231 e. The summed E-state index contributed by atoms with van der Waals surface area (Å²) < 4.78 is 10.8. The Kier molecular flexibility index (Phi) is 4.15. The average Bonchev–Trinajstić information content (AvgIpc) is 2.74. The molecule has 0 bridgehead atoms. The molecule has 2 aliphatic heterocycles. The van der Waals surface area contributed by atoms with Gasteiger partial charge in [0, 0.05) is 24.9 Å². The molecule has 1 atom stereocenters. The van der Waals surface area contributed by atoms with Gasteiger partial charge in [0.2, 0.25) is 6.79 Å². The maximum absolute atomic E-state index is 6.01. The molecule has 2 heterocycles. The van der Waals surface area contributed by atoms with Crippen molar-refractivity contribution in [1.82, 2.24) is 4.90 Å². The molecule has 1 aromatic rings. The standard InChI is InChI=1S/C14H20N2O2S/c15-9-12(16-4-1-6-19-7-5-16)11-2-3-13-14(8-11)18-10-17-13/h2-3,8,12H,1,4-7,9-10,15H2. The number of hydrogen-bond acceptors (Lipinski definition) is 5. The lowest BCUT2D eigenvalue weighted by Gasteiger charge is -2.29. The van der Waals surface area contributed by atoms with Gasteiger partial charge >= 0.3 is 0 Å². The van der Waals surface area contributed by atoms with Crippen molar-refractivity contribution in [3.05, 3.63) is 23.8 Å². The summed E-state index contributed by atoms with van der Waals surface area (Å²) in [7, 11) is 0. The molecule has 104 valence electrons. The number of nitrogens with two attached hydrogens (primary N) is 1. The Morgan fingerprint density at radius 1 is 1.21 bits per heavy atom. The molecule has 5 heteroatoms. The number of rotatable bonds is 3. The average molecular weight is 280 g/mol. The largest absolute Gasteiger partial charge is 0.454 e. The van der Waals surface area contributed by atoms with Crippen LogP contribution in [0.2, 0.25) is 0 Å². The van der Waals surface area contributed by atoms with E-state index in [0.717, 1.165) is 24.6 Å². The molecule has 0 radical (unpaired) electrons. The van der Waals surface area contributed by atoms with E-state index in [1.165, 1.54) is 23.5 Å². The van der Waals surface area contributed by atoms with Crippen LogP contribution in [-0.2, 0) is 0 Å². The fourth-order valence-corrected chi connectivity index (χ4v) is 3.59. The van der Waals surface area contributed by atoms with Gasteiger partial charge in [0.1, 0.15) is 0 Å². The smallest absolute Gasteiger partial charge is 0.231 e. The Morgan fingerprint density at radius 3 is 3.00 bits per heavy atom. The van der Waals surface area contributed by atoms with Gasteiger partial charge in [-0.05, 0) is 36.4 Å². The molecule has 0 spiro atoms. The first-order valence-corrected chi connectivity index (χ1v) is 7.95. The SMILES string of the molecule is NCC(c1ccc2c(c1)OCO2)N1CCCSCC1. The molecule has 2 N–H and O–H groups in total. The van der Waals surface area contributed by atoms with E-state index in [4.69, 9.17) is 15.2 Å². The first kappa shape index (κ1) is 13.1. The van der Waals surface area contributed by atoms with Crippen LogP contribution >= 0.6 is 11.8 Å². The van der Waals surface area contributed by atoms with Crippen molar-refractivity contribution in [3.8, 4) is 11.5 Å². The lowest BCUT2D eigenvalue weighted by molar-refractivity contribution is 0.173. The molecule has 1 unspecified atom stereocenters. The summed E-state index contributed by atoms with van der Waals surface area (Å²) in [5, 5.41) is 0. The lowest BCUT2D eigenvalue weighted by Crippen LogP contribution is -2.35. The highest BCUT2D eigenvalue weighted by atomic mass is 32.2. The predicted molar refractivity (Wildman–Crippen MR) is 77.9 cm³/mol. The van der Waals surface area contributed by atoms with Crippen molar-refractivity contribution in [2.45, 2.75) is 12.5 Å². The van der Waals surface area contributed by atoms with Crippen LogP contribution in [0.3, 0.4) is 0 Å². The number of hydrogen-bond donors (Lipinski definition) is 1. The Morgan fingerprint density at radius 2 is 2.11 bits per heavy atom. The quantitative estimate of drug-likeness (QED) is 0.915. The van der Waals surface area contributed by atoms with Crippen LogP contribution in [0.25, 0.3) is 0 Å². The number of nitrogens with zero attached hydrogens (tertiary/aromatic N) is 1. The highest BCUT2D eigenvalue weighted by Crippen LogP contribution is 2.35. The fourth-order valence-electron chi connectivity index (χ4n) is 2.69. The van der Waals surface area contributed by atoms with E-state index < -0.39 is 0 Å². The second kappa shape index (κ2) is 6.03. The van der Waals surface area contributed by atoms with E-state index in [9.17, 15) is 0 Å². The van der Waals surface area contributed by atoms with E-state index in [1.54, 1.807) is 0 Å². The van der Waals surface area contributed by atoms with Crippen LogP contribution in [0.5, 0.6) is 11.5 Å². The Balaban J connectivity index is 1.80. The van der Waals surface area contributed by atoms with Gasteiger partial charge in [-0.15, -0.1) is 0 Å². The Hall–Kier alpha value is -0.910. The van der Waals surface area contributed by atoms with Crippen molar-refractivity contribution in [2.24, 2.45) is 5.73 Å². The van der Waals surface area contributed by atoms with E-state index >= 15 is 0 Å². The van der Waals surface area contributed by atoms with Crippen LogP contribution < -0.4 is 15.2 Å². The van der Waals surface area contributed by atoms with Gasteiger partial charge in [0.25, 0.3) is 0 Å². The molecule has 0 saturated carbocycles. The summed E-state index contributed by atoms with van der Waals surface area (Å²) in [5.74, 6) is 4.14. The third kappa shape index (κ3) is 2.83. The molecular weight excluding hydrogens is 260 g/mol. The van der Waals surface area contributed by atoms with Gasteiger partial charge in [0.05, 0.1) is 0 Å². The third-order valence-corrected chi connectivity index (χ3v) is 4.75. The van der Waals surface area contributed by atoms with Crippen molar-refractivity contribution in [3.63, 3.8) is 0 Å². The second-order valence-corrected chi connectivity index (χ2v) is 6.09. The number of benzene rings is 1. The van der Waals surface area contributed by atoms with E-state index in [0.29, 0.717) is 13.3 Å². The van der Waals surface area contributed by atoms with Gasteiger partial charge < -0.3 is 15.2 Å². The first-order valence-electron chi connectivity index (χ1n) is 6.80. The molecule has 1 saturated heterocycles. The monoisotopic (exact) mass is 280 g/mol. The van der Waals surface area contributed by atoms with Crippen molar-refractivity contribution < 1.29 is 9.47 Å². The molecule has 1 aromatic carbocycles. The Bertz CT molecular complexity index is 433. The molecule has 19 heavy (non-hydrogen) atoms. The molecule has 2 aliphatic rings. The summed E-state index contributed by atoms with van der Waals surface area (Å²) in [4.78, 5) is 2.50. The van der Waals surface area contributed by atoms with E-state index in [-0.39, 0.29) is 6.04 Å². The summed E-state index contributed by atoms with van der Waals surface area (Å²) in [6.45, 7) is 3.21. The summed E-state index contributed by atoms with van der Waals surface area (Å²) in [6.07, 6.45) is 1.24. The Labute approximate surface area is 118 Å². The highest BCUT2D eigenvalue weighted by molar-refractivity contribution is 7.99. The van der Waals surface area contributed by atoms with Crippen molar-refractivity contribution in [1.29, 1.82) is 0 Å². The molecule has 0 aliphatic carbocycles. The minimum Gasteiger partial charge on any atom is -0.454 e. The normalized spacial score (nSPS) is 21.1. The topological polar surface area (TPSA) is 47.7 Å². The highest BCUT2D eigenvalue weighted by Gasteiger charge is 2.22. The van der Waals surface area contributed by atoms with Gasteiger partial charge in [-0.2, -0.15) is 11.8 Å². The summed E-state index contributed by atoms with van der Waals surface area (Å²) in [5.41, 5.74) is 7.25. The zero-order valence-electron chi connectivity index (χ0n) is 11.0. The van der Waals surface area contributed by atoms with Crippen molar-refractivity contribution >= 4 is 11.8 Å². The van der Waals surface area contributed by atoms with Crippen LogP contribution in [0.4, 0.5) is 0 Å². The van der Waals surface area contributed by atoms with Gasteiger partial charge in [-0.3, -0.25) is 4.90 Å². The summed E-state index contributed by atoms with van der Waals surface area (Å²) in [6, 6.07) is 6.47. The summed E-state index contributed by atoms with van der Waals surface area (Å²) >= 11 is 2.04. The number of fused-ring (bicyclic) bond motifs is 1. The molecular formula is C14H20N2O2S. The second-order valence-electron chi connectivity index (χ2n) is 4.87. The molecule has 0 amide bonds. The van der Waals surface area contributed by atoms with E-state index in [1.807, 2.05) is 17.8 Å². The fraction of sp³-hybridized carbons (Fsp3) is 0.571. The zero-order valence-corrected chi connectivity index (χ0v) is 11.8. The lowest BCUT2D eigenvalue weighted by atomic mass is 10.0. The minimum absolute atomic E-state index is 0.285. The van der Waals surface area contributed by atoms with Gasteiger partial charge in [0.15, 0.2) is 11.5 Å². The molecule has 0 aromatic heterocycles. The molecule has 3 rings (SSSR count). The minimum atomic E-state index is 0.285. The van der Waals surface area contributed by atoms with Crippen LogP contribution in [-0.4, -0.2) is 42.8 Å².